The van der Waals surface area contributed by atoms with E-state index < -0.39 is 0 Å². The average Bonchev–Trinajstić information content (AvgIpc) is 3.72. The van der Waals surface area contributed by atoms with Crippen LogP contribution in [0, 0.1) is 0 Å². The van der Waals surface area contributed by atoms with E-state index >= 15 is 0 Å². The van der Waals surface area contributed by atoms with Crippen molar-refractivity contribution in [2.45, 2.75) is 5.41 Å². The van der Waals surface area contributed by atoms with Crippen molar-refractivity contribution in [3.8, 4) is 44.5 Å². The van der Waals surface area contributed by atoms with Crippen molar-refractivity contribution < 1.29 is 0 Å². The molecule has 0 saturated carbocycles. The summed E-state index contributed by atoms with van der Waals surface area (Å²) in [5.74, 6) is 0. The zero-order chi connectivity index (χ0) is 35.6. The number of fused-ring (bicyclic) bond motifs is 11. The van der Waals surface area contributed by atoms with Crippen LogP contribution in [-0.2, 0) is 5.41 Å². The Morgan fingerprint density at radius 1 is 0.296 bits per heavy atom. The molecule has 0 heterocycles. The summed E-state index contributed by atoms with van der Waals surface area (Å²) < 4.78 is 0. The number of para-hydroxylation sites is 1. The first-order valence-electron chi connectivity index (χ1n) is 18.8. The molecular formula is C53H35N. The van der Waals surface area contributed by atoms with Crippen molar-refractivity contribution in [3.63, 3.8) is 0 Å². The molecule has 1 heteroatoms. The standard InChI is InChI=1S/C53H35N/c1-2-16-40(17-3-1)54(41-34-32-37(33-35-41)36-28-30-39(31-29-36)43-22-12-15-38-14-4-5-18-42(38)43)51-27-13-26-50-52(51)46-21-8-11-25-49(46)53(50)47-23-9-6-19-44(47)45-20-7-10-24-48(45)53/h1-35H. The molecule has 1 nitrogen and oxygen atoms in total. The SMILES string of the molecule is c1ccc(N(c2ccc(-c3ccc(-c4cccc5ccccc45)cc3)cc2)c2cccc3c2-c2ccccc2C32c3ccccc3-c3ccccc32)cc1. The molecule has 2 aliphatic carbocycles. The number of hydrogen-bond acceptors (Lipinski definition) is 1. The quantitative estimate of drug-likeness (QED) is 0.174. The van der Waals surface area contributed by atoms with Crippen LogP contribution in [0.3, 0.4) is 0 Å². The third-order valence-corrected chi connectivity index (χ3v) is 11.7. The lowest BCUT2D eigenvalue weighted by Gasteiger charge is -2.31. The Morgan fingerprint density at radius 3 is 1.46 bits per heavy atom. The summed E-state index contributed by atoms with van der Waals surface area (Å²) in [4.78, 5) is 2.44. The topological polar surface area (TPSA) is 3.24 Å². The van der Waals surface area contributed by atoms with Crippen molar-refractivity contribution in [1.29, 1.82) is 0 Å². The van der Waals surface area contributed by atoms with Crippen LogP contribution in [0.5, 0.6) is 0 Å². The second kappa shape index (κ2) is 12.0. The third kappa shape index (κ3) is 4.39. The molecule has 54 heavy (non-hydrogen) atoms. The minimum atomic E-state index is -0.389. The van der Waals surface area contributed by atoms with Gasteiger partial charge in [-0.3, -0.25) is 0 Å². The Labute approximate surface area is 316 Å². The van der Waals surface area contributed by atoms with Gasteiger partial charge in [-0.15, -0.1) is 0 Å². The molecule has 0 saturated heterocycles. The molecule has 0 N–H and O–H groups in total. The highest BCUT2D eigenvalue weighted by Crippen LogP contribution is 2.64. The van der Waals surface area contributed by atoms with Crippen LogP contribution in [0.25, 0.3) is 55.3 Å². The molecule has 9 aromatic carbocycles. The highest BCUT2D eigenvalue weighted by molar-refractivity contribution is 6.01. The van der Waals surface area contributed by atoms with Crippen LogP contribution >= 0.6 is 0 Å². The lowest BCUT2D eigenvalue weighted by molar-refractivity contribution is 0.794. The van der Waals surface area contributed by atoms with E-state index in [1.807, 2.05) is 0 Å². The van der Waals surface area contributed by atoms with Crippen LogP contribution < -0.4 is 4.90 Å². The molecule has 0 amide bonds. The Balaban J connectivity index is 1.05. The fraction of sp³-hybridized carbons (Fsp3) is 0.0189. The van der Waals surface area contributed by atoms with Crippen LogP contribution in [0.15, 0.2) is 212 Å². The minimum Gasteiger partial charge on any atom is -0.310 e. The number of benzene rings is 9. The first-order chi connectivity index (χ1) is 26.8. The van der Waals surface area contributed by atoms with Crippen molar-refractivity contribution in [1.82, 2.24) is 0 Å². The van der Waals surface area contributed by atoms with Crippen molar-refractivity contribution in [2.75, 3.05) is 4.90 Å². The summed E-state index contributed by atoms with van der Waals surface area (Å²) in [5, 5.41) is 2.54. The molecule has 252 valence electrons. The van der Waals surface area contributed by atoms with E-state index in [4.69, 9.17) is 0 Å². The molecule has 9 aromatic rings. The van der Waals surface area contributed by atoms with Gasteiger partial charge in [0.1, 0.15) is 0 Å². The van der Waals surface area contributed by atoms with Gasteiger partial charge in [-0.2, -0.15) is 0 Å². The smallest absolute Gasteiger partial charge is 0.0726 e. The van der Waals surface area contributed by atoms with E-state index in [-0.39, 0.29) is 5.41 Å². The molecule has 0 aliphatic heterocycles. The zero-order valence-electron chi connectivity index (χ0n) is 29.7. The highest BCUT2D eigenvalue weighted by atomic mass is 15.1. The van der Waals surface area contributed by atoms with Crippen LogP contribution in [-0.4, -0.2) is 0 Å². The van der Waals surface area contributed by atoms with Gasteiger partial charge in [-0.1, -0.05) is 182 Å². The van der Waals surface area contributed by atoms with Gasteiger partial charge in [0.05, 0.1) is 11.1 Å². The highest BCUT2D eigenvalue weighted by Gasteiger charge is 2.52. The first-order valence-corrected chi connectivity index (χ1v) is 18.8. The maximum absolute atomic E-state index is 2.44. The predicted molar refractivity (Wildman–Crippen MR) is 226 cm³/mol. The first kappa shape index (κ1) is 30.6. The molecule has 0 aromatic heterocycles. The molecule has 11 rings (SSSR count). The number of anilines is 3. The summed E-state index contributed by atoms with van der Waals surface area (Å²) in [6.07, 6.45) is 0. The fourth-order valence-corrected chi connectivity index (χ4v) is 9.44. The second-order valence-corrected chi connectivity index (χ2v) is 14.4. The Hall–Kier alpha value is -6.96. The van der Waals surface area contributed by atoms with Crippen molar-refractivity contribution >= 4 is 27.8 Å². The molecule has 0 radical (unpaired) electrons. The van der Waals surface area contributed by atoms with Gasteiger partial charge in [0.2, 0.25) is 0 Å². The minimum absolute atomic E-state index is 0.389. The van der Waals surface area contributed by atoms with Crippen LogP contribution in [0.2, 0.25) is 0 Å². The summed E-state index contributed by atoms with van der Waals surface area (Å²) in [6.45, 7) is 0. The number of hydrogen-bond donors (Lipinski definition) is 0. The van der Waals surface area contributed by atoms with Gasteiger partial charge in [0, 0.05) is 16.9 Å². The maximum Gasteiger partial charge on any atom is 0.0726 e. The zero-order valence-corrected chi connectivity index (χ0v) is 29.7. The van der Waals surface area contributed by atoms with Crippen molar-refractivity contribution in [2.24, 2.45) is 0 Å². The lowest BCUT2D eigenvalue weighted by Crippen LogP contribution is -2.26. The molecule has 0 atom stereocenters. The molecule has 0 bridgehead atoms. The van der Waals surface area contributed by atoms with E-state index in [2.05, 4.69) is 217 Å². The largest absolute Gasteiger partial charge is 0.310 e. The summed E-state index contributed by atoms with van der Waals surface area (Å²) in [6, 6.07) is 78.1. The molecule has 0 unspecified atom stereocenters. The van der Waals surface area contributed by atoms with Gasteiger partial charge in [-0.25, -0.2) is 0 Å². The van der Waals surface area contributed by atoms with E-state index in [0.717, 1.165) is 11.4 Å². The Bertz CT molecular complexity index is 2820. The normalized spacial score (nSPS) is 13.0. The Morgan fingerprint density at radius 2 is 0.759 bits per heavy atom. The van der Waals surface area contributed by atoms with E-state index in [1.165, 1.54) is 83.2 Å². The third-order valence-electron chi connectivity index (χ3n) is 11.7. The van der Waals surface area contributed by atoms with Crippen LogP contribution in [0.4, 0.5) is 17.1 Å². The average molecular weight is 686 g/mol. The van der Waals surface area contributed by atoms with Crippen molar-refractivity contribution in [3.05, 3.63) is 235 Å². The molecule has 2 aliphatic rings. The fourth-order valence-electron chi connectivity index (χ4n) is 9.44. The summed E-state index contributed by atoms with van der Waals surface area (Å²) >= 11 is 0. The molecular weight excluding hydrogens is 651 g/mol. The van der Waals surface area contributed by atoms with E-state index in [9.17, 15) is 0 Å². The molecule has 0 fully saturated rings. The van der Waals surface area contributed by atoms with E-state index in [0.29, 0.717) is 0 Å². The predicted octanol–water partition coefficient (Wildman–Crippen LogP) is 14.0. The number of rotatable bonds is 5. The van der Waals surface area contributed by atoms with Gasteiger partial charge in [0.15, 0.2) is 0 Å². The monoisotopic (exact) mass is 685 g/mol. The van der Waals surface area contributed by atoms with E-state index in [1.54, 1.807) is 0 Å². The Kier molecular flexibility index (Phi) is 6.84. The van der Waals surface area contributed by atoms with Crippen LogP contribution in [0.1, 0.15) is 22.3 Å². The summed E-state index contributed by atoms with van der Waals surface area (Å²) in [5.41, 5.74) is 18.5. The van der Waals surface area contributed by atoms with Gasteiger partial charge < -0.3 is 4.90 Å². The molecule has 1 spiro atoms. The van der Waals surface area contributed by atoms with Gasteiger partial charge in [-0.05, 0) is 102 Å². The number of nitrogens with zero attached hydrogens (tertiary/aromatic N) is 1. The van der Waals surface area contributed by atoms with Gasteiger partial charge in [0.25, 0.3) is 0 Å². The summed E-state index contributed by atoms with van der Waals surface area (Å²) in [7, 11) is 0. The lowest BCUT2D eigenvalue weighted by atomic mass is 9.70. The second-order valence-electron chi connectivity index (χ2n) is 14.4. The maximum atomic E-state index is 2.44. The van der Waals surface area contributed by atoms with Gasteiger partial charge >= 0.3 is 0 Å².